The van der Waals surface area contributed by atoms with Crippen LogP contribution in [0, 0.1) is 6.92 Å². The van der Waals surface area contributed by atoms with E-state index in [0.717, 1.165) is 0 Å². The molecule has 0 atom stereocenters. The molecule has 1 nitrogen and oxygen atoms in total. The SMILES string of the molecule is Cc1cc(-c2ccc[nH]2)cs1. The second-order valence-corrected chi connectivity index (χ2v) is 3.65. The van der Waals surface area contributed by atoms with E-state index in [1.54, 1.807) is 11.3 Å². The van der Waals surface area contributed by atoms with Crippen molar-refractivity contribution in [3.8, 4) is 11.3 Å². The molecule has 0 bridgehead atoms. The van der Waals surface area contributed by atoms with Crippen molar-refractivity contribution in [3.05, 3.63) is 34.7 Å². The third kappa shape index (κ3) is 1.21. The van der Waals surface area contributed by atoms with Crippen molar-refractivity contribution < 1.29 is 0 Å². The third-order valence-corrected chi connectivity index (χ3v) is 2.50. The highest BCUT2D eigenvalue weighted by atomic mass is 32.1. The Morgan fingerprint density at radius 2 is 2.36 bits per heavy atom. The predicted molar refractivity (Wildman–Crippen MR) is 48.8 cm³/mol. The van der Waals surface area contributed by atoms with E-state index >= 15 is 0 Å². The van der Waals surface area contributed by atoms with Gasteiger partial charge in [-0.3, -0.25) is 0 Å². The number of aryl methyl sites for hydroxylation is 1. The Hall–Kier alpha value is -1.02. The van der Waals surface area contributed by atoms with Gasteiger partial charge in [-0.2, -0.15) is 0 Å². The third-order valence-electron chi connectivity index (χ3n) is 1.64. The van der Waals surface area contributed by atoms with Crippen LogP contribution < -0.4 is 0 Å². The maximum Gasteiger partial charge on any atom is 0.0462 e. The molecule has 0 saturated heterocycles. The molecule has 0 aliphatic rings. The van der Waals surface area contributed by atoms with Crippen LogP contribution in [0.15, 0.2) is 29.8 Å². The van der Waals surface area contributed by atoms with Gasteiger partial charge in [0.15, 0.2) is 0 Å². The summed E-state index contributed by atoms with van der Waals surface area (Å²) in [6, 6.07) is 6.29. The molecule has 2 heterocycles. The normalized spacial score (nSPS) is 10.3. The first-order valence-corrected chi connectivity index (χ1v) is 4.43. The Labute approximate surface area is 69.7 Å². The van der Waals surface area contributed by atoms with Crippen LogP contribution in [-0.4, -0.2) is 4.98 Å². The van der Waals surface area contributed by atoms with Gasteiger partial charge in [-0.15, -0.1) is 11.3 Å². The maximum absolute atomic E-state index is 3.17. The summed E-state index contributed by atoms with van der Waals surface area (Å²) < 4.78 is 0. The molecule has 56 valence electrons. The van der Waals surface area contributed by atoms with Crippen molar-refractivity contribution in [2.45, 2.75) is 6.92 Å². The molecule has 2 aromatic rings. The summed E-state index contributed by atoms with van der Waals surface area (Å²) in [6.45, 7) is 2.12. The number of nitrogens with one attached hydrogen (secondary N) is 1. The van der Waals surface area contributed by atoms with Crippen LogP contribution in [0.2, 0.25) is 0 Å². The van der Waals surface area contributed by atoms with E-state index in [2.05, 4.69) is 29.4 Å². The summed E-state index contributed by atoms with van der Waals surface area (Å²) in [5, 5.41) is 2.17. The Morgan fingerprint density at radius 3 is 2.91 bits per heavy atom. The number of thiophene rings is 1. The average molecular weight is 163 g/mol. The smallest absolute Gasteiger partial charge is 0.0462 e. The first-order valence-electron chi connectivity index (χ1n) is 3.55. The Morgan fingerprint density at radius 1 is 1.45 bits per heavy atom. The summed E-state index contributed by atoms with van der Waals surface area (Å²) in [7, 11) is 0. The number of hydrogen-bond donors (Lipinski definition) is 1. The minimum Gasteiger partial charge on any atom is -0.361 e. The lowest BCUT2D eigenvalue weighted by Gasteiger charge is -1.88. The van der Waals surface area contributed by atoms with E-state index < -0.39 is 0 Å². The number of hydrogen-bond acceptors (Lipinski definition) is 1. The zero-order valence-corrected chi connectivity index (χ0v) is 7.11. The Kier molecular flexibility index (Phi) is 1.55. The fraction of sp³-hybridized carbons (Fsp3) is 0.111. The van der Waals surface area contributed by atoms with Gasteiger partial charge in [0.1, 0.15) is 0 Å². The lowest BCUT2D eigenvalue weighted by Crippen LogP contribution is -1.68. The fourth-order valence-electron chi connectivity index (χ4n) is 1.09. The van der Waals surface area contributed by atoms with Crippen molar-refractivity contribution in [1.29, 1.82) is 0 Å². The standard InChI is InChI=1S/C9H9NS/c1-7-5-8(6-11-7)9-3-2-4-10-9/h2-6,10H,1H3. The van der Waals surface area contributed by atoms with E-state index in [1.807, 2.05) is 12.3 Å². The number of aromatic nitrogens is 1. The van der Waals surface area contributed by atoms with Crippen LogP contribution in [0.5, 0.6) is 0 Å². The fourth-order valence-corrected chi connectivity index (χ4v) is 1.80. The summed E-state index contributed by atoms with van der Waals surface area (Å²) in [5.41, 5.74) is 2.49. The highest BCUT2D eigenvalue weighted by molar-refractivity contribution is 7.10. The molecule has 0 saturated carbocycles. The van der Waals surface area contributed by atoms with Gasteiger partial charge >= 0.3 is 0 Å². The number of H-pyrrole nitrogens is 1. The van der Waals surface area contributed by atoms with Gasteiger partial charge in [-0.1, -0.05) is 0 Å². The zero-order valence-electron chi connectivity index (χ0n) is 6.29. The second kappa shape index (κ2) is 2.55. The topological polar surface area (TPSA) is 15.8 Å². The van der Waals surface area contributed by atoms with Gasteiger partial charge in [0, 0.05) is 27.7 Å². The number of rotatable bonds is 1. The number of aromatic amines is 1. The first kappa shape index (κ1) is 6.68. The van der Waals surface area contributed by atoms with E-state index in [1.165, 1.54) is 16.1 Å². The average Bonchev–Trinajstić information content (AvgIpc) is 2.55. The quantitative estimate of drug-likeness (QED) is 0.665. The van der Waals surface area contributed by atoms with Gasteiger partial charge in [-0.25, -0.2) is 0 Å². The highest BCUT2D eigenvalue weighted by Gasteiger charge is 1.98. The molecular formula is C9H9NS. The lowest BCUT2D eigenvalue weighted by atomic mass is 10.2. The van der Waals surface area contributed by atoms with E-state index in [9.17, 15) is 0 Å². The van der Waals surface area contributed by atoms with Crippen molar-refractivity contribution >= 4 is 11.3 Å². The van der Waals surface area contributed by atoms with Gasteiger partial charge in [0.25, 0.3) is 0 Å². The minimum absolute atomic E-state index is 1.20. The molecule has 11 heavy (non-hydrogen) atoms. The van der Waals surface area contributed by atoms with Crippen molar-refractivity contribution in [3.63, 3.8) is 0 Å². The molecular weight excluding hydrogens is 154 g/mol. The lowest BCUT2D eigenvalue weighted by molar-refractivity contribution is 1.41. The Balaban J connectivity index is 2.45. The van der Waals surface area contributed by atoms with Gasteiger partial charge in [0.2, 0.25) is 0 Å². The largest absolute Gasteiger partial charge is 0.361 e. The van der Waals surface area contributed by atoms with E-state index in [-0.39, 0.29) is 0 Å². The van der Waals surface area contributed by atoms with Crippen LogP contribution >= 0.6 is 11.3 Å². The van der Waals surface area contributed by atoms with Crippen LogP contribution in [-0.2, 0) is 0 Å². The second-order valence-electron chi connectivity index (χ2n) is 2.53. The summed E-state index contributed by atoms with van der Waals surface area (Å²) in [5.74, 6) is 0. The van der Waals surface area contributed by atoms with Crippen molar-refractivity contribution in [1.82, 2.24) is 4.98 Å². The molecule has 0 aromatic carbocycles. The van der Waals surface area contributed by atoms with Crippen molar-refractivity contribution in [2.75, 3.05) is 0 Å². The van der Waals surface area contributed by atoms with Gasteiger partial charge in [0.05, 0.1) is 0 Å². The molecule has 0 spiro atoms. The van der Waals surface area contributed by atoms with Crippen LogP contribution in [0.1, 0.15) is 4.88 Å². The van der Waals surface area contributed by atoms with Crippen LogP contribution in [0.25, 0.3) is 11.3 Å². The molecule has 0 amide bonds. The monoisotopic (exact) mass is 163 g/mol. The van der Waals surface area contributed by atoms with Crippen molar-refractivity contribution in [2.24, 2.45) is 0 Å². The molecule has 1 N–H and O–H groups in total. The highest BCUT2D eigenvalue weighted by Crippen LogP contribution is 2.22. The van der Waals surface area contributed by atoms with E-state index in [0.29, 0.717) is 0 Å². The summed E-state index contributed by atoms with van der Waals surface area (Å²) >= 11 is 1.78. The molecule has 0 aliphatic heterocycles. The van der Waals surface area contributed by atoms with E-state index in [4.69, 9.17) is 0 Å². The van der Waals surface area contributed by atoms with Crippen LogP contribution in [0.4, 0.5) is 0 Å². The van der Waals surface area contributed by atoms with Crippen LogP contribution in [0.3, 0.4) is 0 Å². The first-order chi connectivity index (χ1) is 5.36. The molecule has 2 rings (SSSR count). The molecule has 0 radical (unpaired) electrons. The zero-order chi connectivity index (χ0) is 7.68. The summed E-state index contributed by atoms with van der Waals surface area (Å²) in [6.07, 6.45) is 1.95. The van der Waals surface area contributed by atoms with Gasteiger partial charge < -0.3 is 4.98 Å². The summed E-state index contributed by atoms with van der Waals surface area (Å²) in [4.78, 5) is 4.53. The maximum atomic E-state index is 3.17. The molecule has 2 heteroatoms. The molecule has 2 aromatic heterocycles. The Bertz CT molecular complexity index is 332. The predicted octanol–water partition coefficient (Wildman–Crippen LogP) is 3.05. The minimum atomic E-state index is 1.20. The molecule has 0 unspecified atom stereocenters. The molecule has 0 aliphatic carbocycles. The van der Waals surface area contributed by atoms with Gasteiger partial charge in [-0.05, 0) is 25.1 Å². The molecule has 0 fully saturated rings.